The number of aromatic hydroxyl groups is 1. The Hall–Kier alpha value is -2.20. The molecule has 0 aliphatic heterocycles. The Balaban J connectivity index is 1.89. The van der Waals surface area contributed by atoms with E-state index in [1.165, 1.54) is 5.56 Å². The molecule has 0 bridgehead atoms. The third-order valence-electron chi connectivity index (χ3n) is 3.14. The van der Waals surface area contributed by atoms with Crippen LogP contribution in [0.3, 0.4) is 0 Å². The van der Waals surface area contributed by atoms with E-state index in [0.717, 1.165) is 17.9 Å². The van der Waals surface area contributed by atoms with Gasteiger partial charge >= 0.3 is 0 Å². The minimum atomic E-state index is 0.177. The van der Waals surface area contributed by atoms with Gasteiger partial charge < -0.3 is 19.9 Å². The molecule has 2 aromatic rings. The highest BCUT2D eigenvalue weighted by Crippen LogP contribution is 2.26. The van der Waals surface area contributed by atoms with Crippen molar-refractivity contribution in [1.82, 2.24) is 5.32 Å². The molecule has 0 unspecified atom stereocenters. The van der Waals surface area contributed by atoms with Gasteiger partial charge in [-0.25, -0.2) is 0 Å². The van der Waals surface area contributed by atoms with Gasteiger partial charge in [0.25, 0.3) is 0 Å². The topological polar surface area (TPSA) is 50.7 Å². The number of benzene rings is 2. The van der Waals surface area contributed by atoms with E-state index >= 15 is 0 Å². The summed E-state index contributed by atoms with van der Waals surface area (Å²) in [7, 11) is 1.66. The largest absolute Gasteiger partial charge is 0.504 e. The van der Waals surface area contributed by atoms with Crippen LogP contribution < -0.4 is 14.8 Å². The maximum atomic E-state index is 9.66. The average Bonchev–Trinajstić information content (AvgIpc) is 2.51. The molecule has 0 spiro atoms. The summed E-state index contributed by atoms with van der Waals surface area (Å²) < 4.78 is 10.5. The quantitative estimate of drug-likeness (QED) is 0.821. The van der Waals surface area contributed by atoms with E-state index in [1.807, 2.05) is 43.3 Å². The fourth-order valence-corrected chi connectivity index (χ4v) is 2.03. The van der Waals surface area contributed by atoms with Gasteiger partial charge in [0.1, 0.15) is 5.75 Å². The second-order valence-corrected chi connectivity index (χ2v) is 4.69. The number of hydrogen-bond donors (Lipinski definition) is 2. The molecule has 0 amide bonds. The van der Waals surface area contributed by atoms with Crippen molar-refractivity contribution in [3.63, 3.8) is 0 Å². The lowest BCUT2D eigenvalue weighted by atomic mass is 10.2. The molecule has 0 saturated carbocycles. The van der Waals surface area contributed by atoms with Crippen LogP contribution in [-0.2, 0) is 13.1 Å². The number of rotatable bonds is 7. The Labute approximate surface area is 125 Å². The maximum absolute atomic E-state index is 9.66. The fraction of sp³-hybridized carbons (Fsp3) is 0.294. The first-order chi connectivity index (χ1) is 10.2. The van der Waals surface area contributed by atoms with E-state index in [-0.39, 0.29) is 5.75 Å². The third kappa shape index (κ3) is 4.39. The molecule has 112 valence electrons. The summed E-state index contributed by atoms with van der Waals surface area (Å²) in [6, 6.07) is 13.4. The Bertz CT molecular complexity index is 567. The highest BCUT2D eigenvalue weighted by molar-refractivity contribution is 5.41. The van der Waals surface area contributed by atoms with Crippen LogP contribution in [-0.4, -0.2) is 18.8 Å². The zero-order chi connectivity index (χ0) is 15.1. The number of nitrogens with one attached hydrogen (secondary N) is 1. The van der Waals surface area contributed by atoms with Gasteiger partial charge in [0, 0.05) is 13.1 Å². The molecule has 0 heterocycles. The van der Waals surface area contributed by atoms with E-state index < -0.39 is 0 Å². The van der Waals surface area contributed by atoms with Crippen LogP contribution in [0.25, 0.3) is 0 Å². The molecule has 0 atom stereocenters. The molecule has 2 aromatic carbocycles. The summed E-state index contributed by atoms with van der Waals surface area (Å²) in [4.78, 5) is 0. The van der Waals surface area contributed by atoms with Crippen molar-refractivity contribution in [3.05, 3.63) is 53.6 Å². The minimum Gasteiger partial charge on any atom is -0.504 e. The molecule has 2 rings (SSSR count). The summed E-state index contributed by atoms with van der Waals surface area (Å²) in [6.07, 6.45) is 0. The number of methoxy groups -OCH3 is 1. The maximum Gasteiger partial charge on any atom is 0.161 e. The van der Waals surface area contributed by atoms with Crippen molar-refractivity contribution in [1.29, 1.82) is 0 Å². The molecule has 0 saturated heterocycles. The van der Waals surface area contributed by atoms with Gasteiger partial charge in [-0.3, -0.25) is 0 Å². The van der Waals surface area contributed by atoms with Gasteiger partial charge in [0.15, 0.2) is 11.5 Å². The van der Waals surface area contributed by atoms with Crippen LogP contribution >= 0.6 is 0 Å². The van der Waals surface area contributed by atoms with Crippen LogP contribution in [0.15, 0.2) is 42.5 Å². The van der Waals surface area contributed by atoms with Crippen molar-refractivity contribution in [2.24, 2.45) is 0 Å². The zero-order valence-corrected chi connectivity index (χ0v) is 12.4. The molecule has 0 radical (unpaired) electrons. The van der Waals surface area contributed by atoms with Gasteiger partial charge in [-0.15, -0.1) is 0 Å². The molecule has 4 heteroatoms. The normalized spacial score (nSPS) is 10.4. The second-order valence-electron chi connectivity index (χ2n) is 4.69. The predicted molar refractivity (Wildman–Crippen MR) is 82.8 cm³/mol. The zero-order valence-electron chi connectivity index (χ0n) is 12.4. The van der Waals surface area contributed by atoms with Crippen molar-refractivity contribution in [3.8, 4) is 17.2 Å². The first-order valence-corrected chi connectivity index (χ1v) is 7.01. The van der Waals surface area contributed by atoms with Gasteiger partial charge in [-0.05, 0) is 42.3 Å². The lowest BCUT2D eigenvalue weighted by Gasteiger charge is -2.09. The first-order valence-electron chi connectivity index (χ1n) is 7.01. The Morgan fingerprint density at radius 3 is 2.33 bits per heavy atom. The van der Waals surface area contributed by atoms with Crippen molar-refractivity contribution >= 4 is 0 Å². The van der Waals surface area contributed by atoms with Gasteiger partial charge in [-0.2, -0.15) is 0 Å². The van der Waals surface area contributed by atoms with Crippen molar-refractivity contribution in [2.45, 2.75) is 20.0 Å². The molecular weight excluding hydrogens is 266 g/mol. The fourth-order valence-electron chi connectivity index (χ4n) is 2.03. The minimum absolute atomic E-state index is 0.177. The van der Waals surface area contributed by atoms with Gasteiger partial charge in [0.2, 0.25) is 0 Å². The first kappa shape index (κ1) is 15.2. The molecule has 2 N–H and O–H groups in total. The summed E-state index contributed by atoms with van der Waals surface area (Å²) in [5.41, 5.74) is 2.27. The molecule has 21 heavy (non-hydrogen) atoms. The number of hydrogen-bond acceptors (Lipinski definition) is 4. The summed E-state index contributed by atoms with van der Waals surface area (Å²) in [5, 5.41) is 13.0. The Morgan fingerprint density at radius 2 is 1.67 bits per heavy atom. The molecule has 4 nitrogen and oxygen atoms in total. The van der Waals surface area contributed by atoms with Crippen LogP contribution in [0, 0.1) is 0 Å². The van der Waals surface area contributed by atoms with E-state index in [4.69, 9.17) is 9.47 Å². The van der Waals surface area contributed by atoms with Crippen LogP contribution in [0.5, 0.6) is 17.2 Å². The monoisotopic (exact) mass is 287 g/mol. The van der Waals surface area contributed by atoms with Gasteiger partial charge in [0.05, 0.1) is 13.7 Å². The lowest BCUT2D eigenvalue weighted by Crippen LogP contribution is -2.12. The molecule has 0 aromatic heterocycles. The molecule has 0 fully saturated rings. The SMILES string of the molecule is CCOc1cc(CNCc2ccc(OC)cc2)ccc1O. The summed E-state index contributed by atoms with van der Waals surface area (Å²) in [5.74, 6) is 1.57. The number of phenols is 1. The van der Waals surface area contributed by atoms with E-state index in [1.54, 1.807) is 13.2 Å². The average molecular weight is 287 g/mol. The Morgan fingerprint density at radius 1 is 1.00 bits per heavy atom. The van der Waals surface area contributed by atoms with Gasteiger partial charge in [-0.1, -0.05) is 18.2 Å². The van der Waals surface area contributed by atoms with Crippen LogP contribution in [0.1, 0.15) is 18.1 Å². The predicted octanol–water partition coefficient (Wildman–Crippen LogP) is 3.09. The smallest absolute Gasteiger partial charge is 0.161 e. The van der Waals surface area contributed by atoms with E-state index in [9.17, 15) is 5.11 Å². The third-order valence-corrected chi connectivity index (χ3v) is 3.14. The van der Waals surface area contributed by atoms with Crippen LogP contribution in [0.4, 0.5) is 0 Å². The highest BCUT2D eigenvalue weighted by Gasteiger charge is 2.03. The summed E-state index contributed by atoms with van der Waals surface area (Å²) in [6.45, 7) is 3.92. The summed E-state index contributed by atoms with van der Waals surface area (Å²) >= 11 is 0. The second kappa shape index (κ2) is 7.55. The number of ether oxygens (including phenoxy) is 2. The Kier molecular flexibility index (Phi) is 5.46. The molecule has 0 aliphatic carbocycles. The lowest BCUT2D eigenvalue weighted by molar-refractivity contribution is 0.317. The van der Waals surface area contributed by atoms with Crippen molar-refractivity contribution in [2.75, 3.05) is 13.7 Å². The number of phenolic OH excluding ortho intramolecular Hbond substituents is 1. The van der Waals surface area contributed by atoms with E-state index in [0.29, 0.717) is 18.9 Å². The standard InChI is InChI=1S/C17H21NO3/c1-3-21-17-10-14(6-9-16(17)19)12-18-11-13-4-7-15(20-2)8-5-13/h4-10,18-19H,3,11-12H2,1-2H3. The van der Waals surface area contributed by atoms with Crippen molar-refractivity contribution < 1.29 is 14.6 Å². The highest BCUT2D eigenvalue weighted by atomic mass is 16.5. The van der Waals surface area contributed by atoms with E-state index in [2.05, 4.69) is 5.32 Å². The molecule has 0 aliphatic rings. The van der Waals surface area contributed by atoms with Crippen LogP contribution in [0.2, 0.25) is 0 Å². The molecular formula is C17H21NO3.